The molecule has 0 saturated heterocycles. The molecule has 2 nitrogen and oxygen atoms in total. The first kappa shape index (κ1) is 25.0. The van der Waals surface area contributed by atoms with Gasteiger partial charge in [-0.05, 0) is 0 Å². The average molecular weight is 415 g/mol. The number of unbranched alkanes of at least 4 members (excludes halogenated alkanes) is 4. The Morgan fingerprint density at radius 1 is 0.741 bits per heavy atom. The summed E-state index contributed by atoms with van der Waals surface area (Å²) in [6, 6.07) is 10.4. The van der Waals surface area contributed by atoms with E-state index in [1.54, 1.807) is 0 Å². The first-order valence-electron chi connectivity index (χ1n) is 11.2. The second kappa shape index (κ2) is 13.3. The fraction of sp³-hybridized carbons (Fsp3) is 0.739. The van der Waals surface area contributed by atoms with E-state index in [1.165, 1.54) is 81.6 Å². The zero-order valence-electron chi connectivity index (χ0n) is 18.3. The molecule has 0 aliphatic carbocycles. The van der Waals surface area contributed by atoms with Crippen LogP contribution >= 0.6 is 15.2 Å². The fourth-order valence-electron chi connectivity index (χ4n) is 4.10. The van der Waals surface area contributed by atoms with Crippen molar-refractivity contribution >= 4 is 15.2 Å². The van der Waals surface area contributed by atoms with Gasteiger partial charge in [0.15, 0.2) is 0 Å². The Balaban J connectivity index is 3.14. The van der Waals surface area contributed by atoms with Crippen LogP contribution in [-0.2, 0) is 10.5 Å². The molecule has 0 amide bonds. The SMILES string of the molecule is CCCCP(CCCC)(CCCC)(CCCC)OP(O)Cc1ccccc1. The molecule has 0 aromatic heterocycles. The van der Waals surface area contributed by atoms with Gasteiger partial charge in [0.1, 0.15) is 0 Å². The molecule has 0 aliphatic heterocycles. The van der Waals surface area contributed by atoms with Crippen molar-refractivity contribution in [3.05, 3.63) is 35.9 Å². The second-order valence-electron chi connectivity index (χ2n) is 8.24. The Morgan fingerprint density at radius 3 is 1.52 bits per heavy atom. The van der Waals surface area contributed by atoms with Crippen LogP contribution in [-0.4, -0.2) is 29.5 Å². The molecule has 1 rings (SSSR count). The van der Waals surface area contributed by atoms with Crippen LogP contribution in [0.5, 0.6) is 0 Å². The van der Waals surface area contributed by atoms with Crippen molar-refractivity contribution < 1.29 is 9.20 Å². The van der Waals surface area contributed by atoms with Crippen LogP contribution in [0.4, 0.5) is 0 Å². The van der Waals surface area contributed by atoms with Crippen molar-refractivity contribution in [2.24, 2.45) is 0 Å². The zero-order chi connectivity index (χ0) is 20.0. The predicted molar refractivity (Wildman–Crippen MR) is 126 cm³/mol. The maximum atomic E-state index is 11.1. The molecule has 0 bridgehead atoms. The van der Waals surface area contributed by atoms with Crippen LogP contribution < -0.4 is 0 Å². The number of benzene rings is 1. The van der Waals surface area contributed by atoms with E-state index in [2.05, 4.69) is 52.0 Å². The molecule has 0 saturated carbocycles. The Hall–Kier alpha value is 0. The number of rotatable bonds is 16. The third-order valence-corrected chi connectivity index (χ3v) is 14.8. The van der Waals surface area contributed by atoms with Gasteiger partial charge in [-0.2, -0.15) is 0 Å². The Labute approximate surface area is 170 Å². The summed E-state index contributed by atoms with van der Waals surface area (Å²) in [5, 5.41) is 0. The summed E-state index contributed by atoms with van der Waals surface area (Å²) in [6.45, 7) is 6.79. The molecular weight excluding hydrogens is 370 g/mol. The van der Waals surface area contributed by atoms with E-state index in [0.717, 1.165) is 0 Å². The van der Waals surface area contributed by atoms with Gasteiger partial charge in [0.25, 0.3) is 0 Å². The molecule has 1 N–H and O–H groups in total. The molecule has 0 heterocycles. The van der Waals surface area contributed by atoms with Crippen molar-refractivity contribution in [3.63, 3.8) is 0 Å². The van der Waals surface area contributed by atoms with Crippen LogP contribution in [0.1, 0.15) is 84.6 Å². The van der Waals surface area contributed by atoms with Gasteiger partial charge >= 0.3 is 170 Å². The molecule has 158 valence electrons. The van der Waals surface area contributed by atoms with Crippen molar-refractivity contribution in [1.82, 2.24) is 0 Å². The molecule has 4 heteroatoms. The maximum absolute atomic E-state index is 11.1. The van der Waals surface area contributed by atoms with Crippen molar-refractivity contribution in [1.29, 1.82) is 0 Å². The monoisotopic (exact) mass is 414 g/mol. The molecular formula is C23H44O2P2. The van der Waals surface area contributed by atoms with E-state index in [9.17, 15) is 4.89 Å². The second-order valence-corrected chi connectivity index (χ2v) is 15.4. The summed E-state index contributed by atoms with van der Waals surface area (Å²) >= 11 is 0. The summed E-state index contributed by atoms with van der Waals surface area (Å²) in [6.07, 6.45) is 15.4. The molecule has 0 spiro atoms. The first-order valence-corrected chi connectivity index (χ1v) is 15.5. The van der Waals surface area contributed by atoms with Gasteiger partial charge in [0, 0.05) is 0 Å². The Kier molecular flexibility index (Phi) is 12.3. The minimum absolute atomic E-state index is 0.671. The van der Waals surface area contributed by atoms with Crippen molar-refractivity contribution in [3.8, 4) is 0 Å². The van der Waals surface area contributed by atoms with Crippen LogP contribution in [0.25, 0.3) is 0 Å². The van der Waals surface area contributed by atoms with Crippen molar-refractivity contribution in [2.75, 3.05) is 24.6 Å². The quantitative estimate of drug-likeness (QED) is 0.276. The van der Waals surface area contributed by atoms with E-state index in [0.29, 0.717) is 6.16 Å². The normalized spacial score (nSPS) is 14.6. The predicted octanol–water partition coefficient (Wildman–Crippen LogP) is 8.18. The average Bonchev–Trinajstić information content (AvgIpc) is 2.69. The minimum atomic E-state index is -2.36. The first-order chi connectivity index (χ1) is 13.0. The zero-order valence-corrected chi connectivity index (χ0v) is 20.1. The van der Waals surface area contributed by atoms with Gasteiger partial charge in [-0.25, -0.2) is 0 Å². The fourth-order valence-corrected chi connectivity index (χ4v) is 14.1. The third kappa shape index (κ3) is 8.49. The Morgan fingerprint density at radius 2 is 1.15 bits per heavy atom. The summed E-state index contributed by atoms with van der Waals surface area (Å²) < 4.78 is 6.99. The Bertz CT molecular complexity index is 449. The van der Waals surface area contributed by atoms with Gasteiger partial charge in [-0.1, -0.05) is 0 Å². The van der Waals surface area contributed by atoms with Crippen molar-refractivity contribution in [2.45, 2.75) is 85.2 Å². The molecule has 27 heavy (non-hydrogen) atoms. The summed E-state index contributed by atoms with van der Waals surface area (Å²) in [4.78, 5) is 11.1. The van der Waals surface area contributed by atoms with Crippen LogP contribution in [0.2, 0.25) is 0 Å². The standard InChI is InChI=1S/C23H44O2P2/c1-5-9-18-27(19-10-6-2,20-11-7-3,21-12-8-4)25-26(24)22-23-16-14-13-15-17-23/h13-17,24H,5-12,18-22H2,1-4H3. The van der Waals surface area contributed by atoms with E-state index < -0.39 is 15.2 Å². The van der Waals surface area contributed by atoms with E-state index in [4.69, 9.17) is 4.31 Å². The van der Waals surface area contributed by atoms with Gasteiger partial charge in [-0.3, -0.25) is 0 Å². The molecule has 1 aromatic rings. The molecule has 0 aliphatic rings. The van der Waals surface area contributed by atoms with Gasteiger partial charge < -0.3 is 0 Å². The number of hydrogen-bond donors (Lipinski definition) is 1. The van der Waals surface area contributed by atoms with E-state index >= 15 is 0 Å². The summed E-state index contributed by atoms with van der Waals surface area (Å²) in [7, 11) is -1.40. The van der Waals surface area contributed by atoms with Gasteiger partial charge in [0.05, 0.1) is 0 Å². The molecule has 0 fully saturated rings. The van der Waals surface area contributed by atoms with E-state index in [1.807, 2.05) is 6.07 Å². The topological polar surface area (TPSA) is 29.5 Å². The molecule has 0 radical (unpaired) electrons. The summed E-state index contributed by atoms with van der Waals surface area (Å²) in [5.41, 5.74) is 1.19. The van der Waals surface area contributed by atoms with E-state index in [-0.39, 0.29) is 0 Å². The summed E-state index contributed by atoms with van der Waals surface area (Å²) in [5.74, 6) is 0. The van der Waals surface area contributed by atoms with Crippen LogP contribution in [0.15, 0.2) is 30.3 Å². The molecule has 1 unspecified atom stereocenters. The van der Waals surface area contributed by atoms with Gasteiger partial charge in [-0.15, -0.1) is 0 Å². The van der Waals surface area contributed by atoms with Crippen LogP contribution in [0.3, 0.4) is 0 Å². The molecule has 1 atom stereocenters. The van der Waals surface area contributed by atoms with Gasteiger partial charge in [0.2, 0.25) is 0 Å². The third-order valence-electron chi connectivity index (χ3n) is 5.80. The van der Waals surface area contributed by atoms with Crippen LogP contribution in [0, 0.1) is 0 Å². The molecule has 1 aromatic carbocycles. The number of hydrogen-bond acceptors (Lipinski definition) is 2.